The molecule has 24 heavy (non-hydrogen) atoms. The maximum absolute atomic E-state index is 12.4. The number of ether oxygens (including phenoxy) is 2. The zero-order chi connectivity index (χ0) is 18.1. The molecule has 1 aromatic carbocycles. The van der Waals surface area contributed by atoms with Gasteiger partial charge in [0.25, 0.3) is 0 Å². The van der Waals surface area contributed by atoms with Crippen LogP contribution in [0.25, 0.3) is 0 Å². The van der Waals surface area contributed by atoms with Crippen molar-refractivity contribution >= 4 is 5.91 Å². The number of rotatable bonds is 5. The number of nitrogens with zero attached hydrogens (tertiary/aromatic N) is 1. The second-order valence-electron chi connectivity index (χ2n) is 6.95. The molecule has 2 rings (SSSR count). The van der Waals surface area contributed by atoms with Gasteiger partial charge in [-0.05, 0) is 37.5 Å². The second kappa shape index (κ2) is 6.61. The molecule has 0 aromatic heterocycles. The second-order valence-corrected chi connectivity index (χ2v) is 6.95. The molecule has 3 atom stereocenters. The molecule has 0 heterocycles. The number of aliphatic hydroxyl groups is 2. The summed E-state index contributed by atoms with van der Waals surface area (Å²) in [5.74, 6) is 1.02. The van der Waals surface area contributed by atoms with Crippen LogP contribution in [0.15, 0.2) is 18.2 Å². The van der Waals surface area contributed by atoms with Gasteiger partial charge in [0, 0.05) is 25.9 Å². The van der Waals surface area contributed by atoms with Gasteiger partial charge in [0.15, 0.2) is 11.5 Å². The maximum atomic E-state index is 12.4. The largest absolute Gasteiger partial charge is 0.493 e. The van der Waals surface area contributed by atoms with Crippen LogP contribution in [0.1, 0.15) is 31.7 Å². The first-order chi connectivity index (χ1) is 11.2. The first-order valence-corrected chi connectivity index (χ1v) is 8.01. The van der Waals surface area contributed by atoms with E-state index in [4.69, 9.17) is 9.47 Å². The topological polar surface area (TPSA) is 79.2 Å². The molecule has 1 saturated carbocycles. The molecule has 1 amide bonds. The Balaban J connectivity index is 2.53. The Morgan fingerprint density at radius 1 is 1.25 bits per heavy atom. The molecule has 1 aromatic rings. The van der Waals surface area contributed by atoms with Crippen LogP contribution in [-0.4, -0.2) is 61.0 Å². The first kappa shape index (κ1) is 18.5. The van der Waals surface area contributed by atoms with Gasteiger partial charge in [0.1, 0.15) is 0 Å². The number of amides is 1. The predicted molar refractivity (Wildman–Crippen MR) is 90.4 cm³/mol. The summed E-state index contributed by atoms with van der Waals surface area (Å²) < 4.78 is 10.6. The number of methoxy groups -OCH3 is 2. The Kier molecular flexibility index (Phi) is 5.11. The van der Waals surface area contributed by atoms with Crippen molar-refractivity contribution in [2.24, 2.45) is 0 Å². The predicted octanol–water partition coefficient (Wildman–Crippen LogP) is 1.33. The average molecular weight is 337 g/mol. The van der Waals surface area contributed by atoms with E-state index in [1.165, 1.54) is 4.90 Å². The quantitative estimate of drug-likeness (QED) is 0.847. The van der Waals surface area contributed by atoms with Crippen molar-refractivity contribution in [3.8, 4) is 11.5 Å². The summed E-state index contributed by atoms with van der Waals surface area (Å²) in [6.45, 7) is 1.61. The fourth-order valence-corrected chi connectivity index (χ4v) is 3.51. The first-order valence-electron chi connectivity index (χ1n) is 8.01. The SMILES string of the molecule is COc1ccc([C@@]2(CC(=O)N(C)C)CCC(C)(O)[C@@H]2O)cc1OC. The Morgan fingerprint density at radius 2 is 1.88 bits per heavy atom. The van der Waals surface area contributed by atoms with Gasteiger partial charge in [-0.3, -0.25) is 4.79 Å². The van der Waals surface area contributed by atoms with E-state index < -0.39 is 17.1 Å². The molecule has 0 bridgehead atoms. The molecular weight excluding hydrogens is 310 g/mol. The lowest BCUT2D eigenvalue weighted by Gasteiger charge is -2.37. The summed E-state index contributed by atoms with van der Waals surface area (Å²) in [5, 5.41) is 21.4. The molecule has 1 aliphatic rings. The number of aliphatic hydroxyl groups excluding tert-OH is 1. The molecule has 1 fully saturated rings. The molecule has 1 unspecified atom stereocenters. The van der Waals surface area contributed by atoms with Gasteiger partial charge in [-0.2, -0.15) is 0 Å². The highest BCUT2D eigenvalue weighted by Gasteiger charge is 2.55. The normalized spacial score (nSPS) is 29.4. The number of carbonyl (C=O) groups excluding carboxylic acids is 1. The van der Waals surface area contributed by atoms with Gasteiger partial charge in [-0.25, -0.2) is 0 Å². The van der Waals surface area contributed by atoms with Crippen LogP contribution in [0.5, 0.6) is 11.5 Å². The highest BCUT2D eigenvalue weighted by molar-refractivity contribution is 5.77. The fraction of sp³-hybridized carbons (Fsp3) is 0.611. The van der Waals surface area contributed by atoms with E-state index in [1.54, 1.807) is 47.4 Å². The van der Waals surface area contributed by atoms with E-state index in [0.29, 0.717) is 24.3 Å². The summed E-state index contributed by atoms with van der Waals surface area (Å²) in [7, 11) is 6.47. The van der Waals surface area contributed by atoms with Gasteiger partial charge >= 0.3 is 0 Å². The zero-order valence-corrected chi connectivity index (χ0v) is 15.0. The molecule has 0 radical (unpaired) electrons. The smallest absolute Gasteiger partial charge is 0.223 e. The van der Waals surface area contributed by atoms with Crippen molar-refractivity contribution < 1.29 is 24.5 Å². The van der Waals surface area contributed by atoms with Crippen molar-refractivity contribution in [3.63, 3.8) is 0 Å². The van der Waals surface area contributed by atoms with Crippen LogP contribution >= 0.6 is 0 Å². The fourth-order valence-electron chi connectivity index (χ4n) is 3.51. The highest BCUT2D eigenvalue weighted by Crippen LogP contribution is 2.50. The third-order valence-corrected chi connectivity index (χ3v) is 5.11. The standard InChI is InChI=1S/C18H27NO5/c1-17(22)8-9-18(16(17)21,11-15(20)19(2)3)12-6-7-13(23-4)14(10-12)24-5/h6-7,10,16,21-22H,8-9,11H2,1-5H3/t16-,17?,18-/m0/s1. The summed E-state index contributed by atoms with van der Waals surface area (Å²) in [6.07, 6.45) is -0.00121. The van der Waals surface area contributed by atoms with Crippen LogP contribution in [0.2, 0.25) is 0 Å². The van der Waals surface area contributed by atoms with Crippen LogP contribution < -0.4 is 9.47 Å². The number of benzene rings is 1. The van der Waals surface area contributed by atoms with Crippen molar-refractivity contribution in [1.82, 2.24) is 4.90 Å². The van der Waals surface area contributed by atoms with Crippen LogP contribution in [-0.2, 0) is 10.2 Å². The highest BCUT2D eigenvalue weighted by atomic mass is 16.5. The van der Waals surface area contributed by atoms with Crippen molar-refractivity contribution in [2.45, 2.75) is 43.3 Å². The third kappa shape index (κ3) is 3.08. The average Bonchev–Trinajstić information content (AvgIpc) is 2.78. The van der Waals surface area contributed by atoms with Gasteiger partial charge in [0.05, 0.1) is 25.9 Å². The number of carbonyl (C=O) groups is 1. The van der Waals surface area contributed by atoms with Gasteiger partial charge < -0.3 is 24.6 Å². The lowest BCUT2D eigenvalue weighted by Crippen LogP contribution is -2.48. The van der Waals surface area contributed by atoms with Gasteiger partial charge in [-0.1, -0.05) is 6.07 Å². The summed E-state index contributed by atoms with van der Waals surface area (Å²) in [4.78, 5) is 13.9. The molecule has 6 heteroatoms. The Hall–Kier alpha value is -1.79. The Labute approximate surface area is 143 Å². The molecule has 6 nitrogen and oxygen atoms in total. The number of hydrogen-bond acceptors (Lipinski definition) is 5. The molecule has 134 valence electrons. The molecule has 0 aliphatic heterocycles. The van der Waals surface area contributed by atoms with Crippen molar-refractivity contribution in [3.05, 3.63) is 23.8 Å². The van der Waals surface area contributed by atoms with E-state index in [-0.39, 0.29) is 12.3 Å². The summed E-state index contributed by atoms with van der Waals surface area (Å²) >= 11 is 0. The van der Waals surface area contributed by atoms with E-state index in [9.17, 15) is 15.0 Å². The van der Waals surface area contributed by atoms with Crippen LogP contribution in [0.3, 0.4) is 0 Å². The molecule has 0 spiro atoms. The van der Waals surface area contributed by atoms with Crippen LogP contribution in [0.4, 0.5) is 0 Å². The van der Waals surface area contributed by atoms with E-state index in [2.05, 4.69) is 0 Å². The minimum absolute atomic E-state index is 0.0958. The van der Waals surface area contributed by atoms with Gasteiger partial charge in [-0.15, -0.1) is 0 Å². The van der Waals surface area contributed by atoms with Crippen molar-refractivity contribution in [2.75, 3.05) is 28.3 Å². The Morgan fingerprint density at radius 3 is 2.33 bits per heavy atom. The summed E-state index contributed by atoms with van der Waals surface area (Å²) in [6, 6.07) is 5.37. The lowest BCUT2D eigenvalue weighted by molar-refractivity contribution is -0.132. The third-order valence-electron chi connectivity index (χ3n) is 5.11. The molecule has 1 aliphatic carbocycles. The molecular formula is C18H27NO5. The van der Waals surface area contributed by atoms with E-state index >= 15 is 0 Å². The molecule has 2 N–H and O–H groups in total. The van der Waals surface area contributed by atoms with Crippen molar-refractivity contribution in [1.29, 1.82) is 0 Å². The lowest BCUT2D eigenvalue weighted by atomic mass is 9.72. The van der Waals surface area contributed by atoms with E-state index in [1.807, 2.05) is 6.07 Å². The maximum Gasteiger partial charge on any atom is 0.223 e. The Bertz CT molecular complexity index is 613. The zero-order valence-electron chi connectivity index (χ0n) is 15.0. The van der Waals surface area contributed by atoms with E-state index in [0.717, 1.165) is 5.56 Å². The summed E-state index contributed by atoms with van der Waals surface area (Å²) in [5.41, 5.74) is -1.33. The molecule has 0 saturated heterocycles. The number of hydrogen-bond donors (Lipinski definition) is 2. The monoisotopic (exact) mass is 337 g/mol. The minimum Gasteiger partial charge on any atom is -0.493 e. The van der Waals surface area contributed by atoms with Crippen LogP contribution in [0, 0.1) is 0 Å². The van der Waals surface area contributed by atoms with Gasteiger partial charge in [0.2, 0.25) is 5.91 Å². The minimum atomic E-state index is -1.24.